The Morgan fingerprint density at radius 2 is 1.69 bits per heavy atom. The molecule has 1 aromatic carbocycles. The van der Waals surface area contributed by atoms with Gasteiger partial charge in [-0.1, -0.05) is 50.6 Å². The van der Waals surface area contributed by atoms with Gasteiger partial charge in [0.05, 0.1) is 18.1 Å². The molecule has 0 aliphatic carbocycles. The fraction of sp³-hybridized carbons (Fsp3) is 0.615. The van der Waals surface area contributed by atoms with Gasteiger partial charge >= 0.3 is 12.1 Å². The van der Waals surface area contributed by atoms with Crippen LogP contribution < -0.4 is 5.32 Å². The molecule has 2 heterocycles. The van der Waals surface area contributed by atoms with E-state index >= 15 is 0 Å². The lowest BCUT2D eigenvalue weighted by molar-refractivity contribution is -0.135. The third-order valence-electron chi connectivity index (χ3n) is 7.00. The van der Waals surface area contributed by atoms with Crippen molar-refractivity contribution in [2.75, 3.05) is 7.05 Å². The van der Waals surface area contributed by atoms with E-state index in [1.54, 1.807) is 39.6 Å². The van der Waals surface area contributed by atoms with Crippen LogP contribution in [0, 0.1) is 5.92 Å². The first kappa shape index (κ1) is 26.5. The first-order chi connectivity index (χ1) is 16.3. The van der Waals surface area contributed by atoms with Gasteiger partial charge < -0.3 is 19.9 Å². The third kappa shape index (κ3) is 5.28. The van der Waals surface area contributed by atoms with Crippen LogP contribution in [0.25, 0.3) is 0 Å². The van der Waals surface area contributed by atoms with E-state index in [2.05, 4.69) is 5.32 Å². The highest BCUT2D eigenvalue weighted by molar-refractivity contribution is 6.04. The molecule has 0 saturated carbocycles. The molecular weight excluding hydrogens is 448 g/mol. The topological polar surface area (TPSA) is 99.0 Å². The Bertz CT molecular complexity index is 976. The molecule has 0 unspecified atom stereocenters. The summed E-state index contributed by atoms with van der Waals surface area (Å²) < 4.78 is 5.35. The molecule has 1 N–H and O–H groups in total. The van der Waals surface area contributed by atoms with Gasteiger partial charge in [0.25, 0.3) is 5.91 Å². The van der Waals surface area contributed by atoms with E-state index in [-0.39, 0.29) is 29.9 Å². The van der Waals surface area contributed by atoms with Crippen molar-refractivity contribution in [1.82, 2.24) is 20.0 Å². The van der Waals surface area contributed by atoms with Crippen LogP contribution >= 0.6 is 0 Å². The zero-order chi connectivity index (χ0) is 26.2. The minimum absolute atomic E-state index is 0.171. The molecule has 2 aliphatic heterocycles. The zero-order valence-electron chi connectivity index (χ0n) is 21.9. The number of hydrogen-bond acceptors (Lipinski definition) is 5. The molecule has 9 nitrogen and oxygen atoms in total. The Morgan fingerprint density at radius 1 is 1.09 bits per heavy atom. The van der Waals surface area contributed by atoms with E-state index in [9.17, 15) is 19.2 Å². The second-order valence-electron chi connectivity index (χ2n) is 10.6. The maximum absolute atomic E-state index is 13.7. The molecule has 0 bridgehead atoms. The van der Waals surface area contributed by atoms with Crippen LogP contribution in [0.3, 0.4) is 0 Å². The molecule has 3 rings (SSSR count). The standard InChI is InChI=1S/C26H38N4O5/c1-9-15(2)19(27-24(33)35-26(5,6)7)22(31)29-17(4)21(29)23(32)30-20(16(3)28(8)25(30)34)18-13-11-10-12-14-18/h10-17,19-21H,9H2,1-8H3,(H,27,33)/t15-,16-,17+,19-,20-,21-,29?/m0/s1. The van der Waals surface area contributed by atoms with Crippen molar-refractivity contribution < 1.29 is 23.9 Å². The predicted octanol–water partition coefficient (Wildman–Crippen LogP) is 3.55. The number of urea groups is 1. The Hall–Kier alpha value is -3.10. The van der Waals surface area contributed by atoms with Crippen molar-refractivity contribution in [2.24, 2.45) is 5.92 Å². The molecule has 2 aliphatic rings. The van der Waals surface area contributed by atoms with Crippen LogP contribution in [0.15, 0.2) is 30.3 Å². The van der Waals surface area contributed by atoms with Crippen molar-refractivity contribution in [2.45, 2.75) is 90.7 Å². The average molecular weight is 487 g/mol. The summed E-state index contributed by atoms with van der Waals surface area (Å²) >= 11 is 0. The van der Waals surface area contributed by atoms with Crippen LogP contribution in [0.4, 0.5) is 9.59 Å². The first-order valence-corrected chi connectivity index (χ1v) is 12.3. The van der Waals surface area contributed by atoms with E-state index < -0.39 is 35.7 Å². The number of carbonyl (C=O) groups is 4. The molecule has 6 atom stereocenters. The third-order valence-corrected chi connectivity index (χ3v) is 7.00. The lowest BCUT2D eigenvalue weighted by Gasteiger charge is -2.27. The van der Waals surface area contributed by atoms with E-state index in [0.29, 0.717) is 6.42 Å². The van der Waals surface area contributed by atoms with Gasteiger partial charge in [0.2, 0.25) is 5.91 Å². The Morgan fingerprint density at radius 3 is 2.23 bits per heavy atom. The number of likely N-dealkylation sites (N-methyl/N-ethyl adjacent to an activating group) is 1. The lowest BCUT2D eigenvalue weighted by atomic mass is 9.98. The highest BCUT2D eigenvalue weighted by Gasteiger charge is 2.59. The smallest absolute Gasteiger partial charge is 0.408 e. The summed E-state index contributed by atoms with van der Waals surface area (Å²) in [5, 5.41) is 2.70. The van der Waals surface area contributed by atoms with E-state index in [4.69, 9.17) is 4.74 Å². The fourth-order valence-corrected chi connectivity index (χ4v) is 4.63. The second kappa shape index (κ2) is 9.87. The molecule has 2 saturated heterocycles. The minimum atomic E-state index is -0.837. The molecule has 5 amide bonds. The van der Waals surface area contributed by atoms with Crippen LogP contribution in [0.1, 0.15) is 66.5 Å². The SMILES string of the molecule is CC[C@H](C)[C@H](NC(=O)OC(C)(C)C)C(=O)N1[C@H](C)[C@H]1C(=O)N1C(=O)N(C)[C@@H](C)[C@H]1c1ccccc1. The quantitative estimate of drug-likeness (QED) is 0.620. The molecule has 0 radical (unpaired) electrons. The number of imide groups is 1. The van der Waals surface area contributed by atoms with E-state index in [0.717, 1.165) is 5.56 Å². The summed E-state index contributed by atoms with van der Waals surface area (Å²) in [6.07, 6.45) is -0.0291. The molecule has 9 heteroatoms. The van der Waals surface area contributed by atoms with Gasteiger partial charge in [-0.15, -0.1) is 0 Å². The van der Waals surface area contributed by atoms with Crippen molar-refractivity contribution in [3.63, 3.8) is 0 Å². The van der Waals surface area contributed by atoms with Gasteiger partial charge in [-0.05, 0) is 46.1 Å². The van der Waals surface area contributed by atoms with Crippen molar-refractivity contribution in [3.8, 4) is 0 Å². The van der Waals surface area contributed by atoms with Gasteiger partial charge in [0, 0.05) is 7.05 Å². The van der Waals surface area contributed by atoms with E-state index in [1.165, 1.54) is 9.80 Å². The Balaban J connectivity index is 1.82. The number of rotatable bonds is 6. The Labute approximate surface area is 207 Å². The second-order valence-corrected chi connectivity index (χ2v) is 10.6. The minimum Gasteiger partial charge on any atom is -0.444 e. The van der Waals surface area contributed by atoms with Crippen LogP contribution in [-0.2, 0) is 14.3 Å². The maximum Gasteiger partial charge on any atom is 0.408 e. The number of carbonyl (C=O) groups excluding carboxylic acids is 4. The Kier molecular flexibility index (Phi) is 7.48. The van der Waals surface area contributed by atoms with Gasteiger partial charge in [0.1, 0.15) is 17.7 Å². The monoisotopic (exact) mass is 486 g/mol. The molecule has 35 heavy (non-hydrogen) atoms. The number of nitrogens with one attached hydrogen (secondary N) is 1. The summed E-state index contributed by atoms with van der Waals surface area (Å²) in [4.78, 5) is 57.0. The number of ether oxygens (including phenoxy) is 1. The van der Waals surface area contributed by atoms with Crippen LogP contribution in [0.5, 0.6) is 0 Å². The highest BCUT2D eigenvalue weighted by atomic mass is 16.6. The summed E-state index contributed by atoms with van der Waals surface area (Å²) in [5.74, 6) is -0.920. The van der Waals surface area contributed by atoms with Crippen LogP contribution in [-0.4, -0.2) is 75.5 Å². The normalized spacial score (nSPS) is 25.8. The van der Waals surface area contributed by atoms with Crippen molar-refractivity contribution in [1.29, 1.82) is 0 Å². The number of benzene rings is 1. The van der Waals surface area contributed by atoms with Crippen molar-refractivity contribution in [3.05, 3.63) is 35.9 Å². The van der Waals surface area contributed by atoms with Gasteiger partial charge in [-0.2, -0.15) is 0 Å². The molecular formula is C26H38N4O5. The molecule has 0 spiro atoms. The first-order valence-electron chi connectivity index (χ1n) is 12.3. The van der Waals surface area contributed by atoms with E-state index in [1.807, 2.05) is 51.1 Å². The van der Waals surface area contributed by atoms with Crippen LogP contribution in [0.2, 0.25) is 0 Å². The van der Waals surface area contributed by atoms with Gasteiger partial charge in [0.15, 0.2) is 0 Å². The molecule has 192 valence electrons. The summed E-state index contributed by atoms with van der Waals surface area (Å²) in [6, 6.07) is 6.42. The van der Waals surface area contributed by atoms with Crippen molar-refractivity contribution >= 4 is 23.9 Å². The highest BCUT2D eigenvalue weighted by Crippen LogP contribution is 2.39. The summed E-state index contributed by atoms with van der Waals surface area (Å²) in [7, 11) is 1.68. The number of hydrogen-bond donors (Lipinski definition) is 1. The van der Waals surface area contributed by atoms with Gasteiger partial charge in [-0.25, -0.2) is 9.59 Å². The number of nitrogens with zero attached hydrogens (tertiary/aromatic N) is 3. The van der Waals surface area contributed by atoms with Gasteiger partial charge in [-0.3, -0.25) is 14.5 Å². The molecule has 2 fully saturated rings. The zero-order valence-corrected chi connectivity index (χ0v) is 21.9. The largest absolute Gasteiger partial charge is 0.444 e. The molecule has 0 aromatic heterocycles. The molecule has 1 aromatic rings. The summed E-state index contributed by atoms with van der Waals surface area (Å²) in [5.41, 5.74) is 0.158. The lowest BCUT2D eigenvalue weighted by Crippen LogP contribution is -2.50. The number of alkyl carbamates (subject to hydrolysis) is 1. The maximum atomic E-state index is 13.7. The summed E-state index contributed by atoms with van der Waals surface area (Å²) in [6.45, 7) is 12.8. The number of amides is 5. The fourth-order valence-electron chi connectivity index (χ4n) is 4.63. The predicted molar refractivity (Wildman–Crippen MR) is 131 cm³/mol. The average Bonchev–Trinajstić information content (AvgIpc) is 3.41.